The number of hydrazine groups is 1. The normalized spacial score (nSPS) is 19.4. The molecule has 0 spiro atoms. The maximum absolute atomic E-state index is 6.26. The lowest BCUT2D eigenvalue weighted by molar-refractivity contribution is 0.139. The lowest BCUT2D eigenvalue weighted by Crippen LogP contribution is -2.38. The second-order valence-corrected chi connectivity index (χ2v) is 8.68. The average Bonchev–Trinajstić information content (AvgIpc) is 3.38. The summed E-state index contributed by atoms with van der Waals surface area (Å²) in [5, 5.41) is 2.53. The number of imidazole rings is 1. The average molecular weight is 421 g/mol. The summed E-state index contributed by atoms with van der Waals surface area (Å²) in [6, 6.07) is 0.484. The lowest BCUT2D eigenvalue weighted by atomic mass is 9.92. The van der Waals surface area contributed by atoms with Gasteiger partial charge in [0, 0.05) is 32.3 Å². The summed E-state index contributed by atoms with van der Waals surface area (Å²) in [4.78, 5) is 13.6. The van der Waals surface area contributed by atoms with E-state index in [2.05, 4.69) is 36.9 Å². The number of nitrogens with zero attached hydrogens (tertiary/aromatic N) is 5. The van der Waals surface area contributed by atoms with Crippen molar-refractivity contribution in [3.8, 4) is 0 Å². The van der Waals surface area contributed by atoms with Gasteiger partial charge < -0.3 is 14.7 Å². The van der Waals surface area contributed by atoms with Gasteiger partial charge in [-0.25, -0.2) is 9.99 Å². The molecule has 160 valence electrons. The number of halogens is 1. The molecule has 3 heterocycles. The SMILES string of the molecule is CCOCCCCC1CCN(Nc2nc(Cl)nc3c2ncn3C2CCCC2)CC1. The van der Waals surface area contributed by atoms with Crippen LogP contribution in [0.4, 0.5) is 5.82 Å². The van der Waals surface area contributed by atoms with E-state index < -0.39 is 0 Å². The highest BCUT2D eigenvalue weighted by atomic mass is 35.5. The van der Waals surface area contributed by atoms with Gasteiger partial charge in [-0.2, -0.15) is 9.97 Å². The van der Waals surface area contributed by atoms with Gasteiger partial charge >= 0.3 is 0 Å². The first-order valence-corrected chi connectivity index (χ1v) is 11.6. The van der Waals surface area contributed by atoms with Crippen molar-refractivity contribution >= 4 is 28.6 Å². The predicted octanol–water partition coefficient (Wildman–Crippen LogP) is 4.84. The number of hydrogen-bond acceptors (Lipinski definition) is 6. The number of piperidine rings is 1. The molecule has 1 N–H and O–H groups in total. The molecule has 2 fully saturated rings. The maximum Gasteiger partial charge on any atom is 0.226 e. The van der Waals surface area contributed by atoms with Gasteiger partial charge in [0.15, 0.2) is 17.0 Å². The summed E-state index contributed by atoms with van der Waals surface area (Å²) in [6.07, 6.45) is 13.0. The Kier molecular flexibility index (Phi) is 7.21. The molecule has 0 radical (unpaired) electrons. The summed E-state index contributed by atoms with van der Waals surface area (Å²) in [7, 11) is 0. The Balaban J connectivity index is 1.34. The van der Waals surface area contributed by atoms with Crippen molar-refractivity contribution in [1.82, 2.24) is 24.5 Å². The molecular formula is C21H33ClN6O. The first kappa shape index (κ1) is 20.8. The van der Waals surface area contributed by atoms with Gasteiger partial charge in [-0.3, -0.25) is 0 Å². The Labute approximate surface area is 178 Å². The Morgan fingerprint density at radius 3 is 2.69 bits per heavy atom. The van der Waals surface area contributed by atoms with E-state index in [0.717, 1.165) is 49.2 Å². The van der Waals surface area contributed by atoms with Crippen LogP contribution < -0.4 is 5.43 Å². The van der Waals surface area contributed by atoms with E-state index >= 15 is 0 Å². The van der Waals surface area contributed by atoms with Gasteiger partial charge in [-0.1, -0.05) is 25.7 Å². The molecule has 0 atom stereocenters. The van der Waals surface area contributed by atoms with Crippen molar-refractivity contribution in [3.63, 3.8) is 0 Å². The first-order valence-electron chi connectivity index (χ1n) is 11.2. The fraction of sp³-hybridized carbons (Fsp3) is 0.762. The van der Waals surface area contributed by atoms with E-state index in [-0.39, 0.29) is 5.28 Å². The van der Waals surface area contributed by atoms with E-state index in [0.29, 0.717) is 6.04 Å². The highest BCUT2D eigenvalue weighted by Gasteiger charge is 2.24. The Bertz CT molecular complexity index is 783. The van der Waals surface area contributed by atoms with Crippen molar-refractivity contribution in [3.05, 3.63) is 11.6 Å². The number of rotatable bonds is 9. The second-order valence-electron chi connectivity index (χ2n) is 8.34. The Morgan fingerprint density at radius 2 is 1.93 bits per heavy atom. The molecule has 2 aromatic rings. The standard InChI is InChI=1S/C21H33ClN6O/c1-2-29-14-6-5-7-16-10-12-27(13-11-16)26-19-18-20(25-21(22)24-19)28(15-23-18)17-8-3-4-9-17/h15-17H,2-14H2,1H3,(H,24,25,26). The minimum absolute atomic E-state index is 0.281. The Morgan fingerprint density at radius 1 is 1.14 bits per heavy atom. The number of anilines is 1. The van der Waals surface area contributed by atoms with Crippen molar-refractivity contribution in [2.24, 2.45) is 5.92 Å². The quantitative estimate of drug-likeness (QED) is 0.462. The van der Waals surface area contributed by atoms with Gasteiger partial charge in [-0.15, -0.1) is 0 Å². The van der Waals surface area contributed by atoms with Crippen LogP contribution in [-0.2, 0) is 4.74 Å². The van der Waals surface area contributed by atoms with E-state index in [1.54, 1.807) is 0 Å². The van der Waals surface area contributed by atoms with Crippen molar-refractivity contribution in [2.45, 2.75) is 70.8 Å². The van der Waals surface area contributed by atoms with Crippen molar-refractivity contribution < 1.29 is 4.74 Å². The lowest BCUT2D eigenvalue weighted by Gasteiger charge is -2.32. The molecule has 8 heteroatoms. The predicted molar refractivity (Wildman–Crippen MR) is 116 cm³/mol. The molecule has 1 saturated heterocycles. The topological polar surface area (TPSA) is 68.1 Å². The van der Waals surface area contributed by atoms with E-state index in [1.807, 2.05) is 6.33 Å². The molecule has 0 unspecified atom stereocenters. The molecular weight excluding hydrogens is 388 g/mol. The second kappa shape index (κ2) is 10.0. The highest BCUT2D eigenvalue weighted by molar-refractivity contribution is 6.28. The van der Waals surface area contributed by atoms with Crippen LogP contribution in [0.1, 0.15) is 70.8 Å². The molecule has 0 bridgehead atoms. The van der Waals surface area contributed by atoms with Gasteiger partial charge in [0.1, 0.15) is 0 Å². The Hall–Kier alpha value is -1.44. The minimum atomic E-state index is 0.281. The van der Waals surface area contributed by atoms with Crippen molar-refractivity contribution in [2.75, 3.05) is 31.7 Å². The molecule has 0 aromatic carbocycles. The summed E-state index contributed by atoms with van der Waals surface area (Å²) < 4.78 is 7.63. The molecule has 2 aliphatic rings. The molecule has 0 amide bonds. The fourth-order valence-corrected chi connectivity index (χ4v) is 4.85. The molecule has 2 aromatic heterocycles. The van der Waals surface area contributed by atoms with Crippen molar-refractivity contribution in [1.29, 1.82) is 0 Å². The fourth-order valence-electron chi connectivity index (χ4n) is 4.68. The number of unbranched alkanes of at least 4 members (excludes halogenated alkanes) is 1. The van der Waals surface area contributed by atoms with Gasteiger partial charge in [0.2, 0.25) is 5.28 Å². The van der Waals surface area contributed by atoms with Crippen LogP contribution in [0.5, 0.6) is 0 Å². The number of hydrogen-bond donors (Lipinski definition) is 1. The molecule has 7 nitrogen and oxygen atoms in total. The number of ether oxygens (including phenoxy) is 1. The number of aromatic nitrogens is 4. The molecule has 1 saturated carbocycles. The van der Waals surface area contributed by atoms with Crippen LogP contribution in [0.3, 0.4) is 0 Å². The summed E-state index contributed by atoms with van der Waals surface area (Å²) >= 11 is 6.26. The van der Waals surface area contributed by atoms with Crippen LogP contribution in [-0.4, -0.2) is 50.8 Å². The highest BCUT2D eigenvalue weighted by Crippen LogP contribution is 2.33. The zero-order valence-corrected chi connectivity index (χ0v) is 18.2. The minimum Gasteiger partial charge on any atom is -0.382 e. The first-order chi connectivity index (χ1) is 14.2. The van der Waals surface area contributed by atoms with E-state index in [1.165, 1.54) is 57.8 Å². The summed E-state index contributed by atoms with van der Waals surface area (Å²) in [6.45, 7) is 5.81. The third-order valence-electron chi connectivity index (χ3n) is 6.35. The number of fused-ring (bicyclic) bond motifs is 1. The molecule has 29 heavy (non-hydrogen) atoms. The monoisotopic (exact) mass is 420 g/mol. The largest absolute Gasteiger partial charge is 0.382 e. The molecule has 1 aliphatic heterocycles. The maximum atomic E-state index is 6.26. The summed E-state index contributed by atoms with van der Waals surface area (Å²) in [5.74, 6) is 1.54. The van der Waals surface area contributed by atoms with E-state index in [9.17, 15) is 0 Å². The van der Waals surface area contributed by atoms with E-state index in [4.69, 9.17) is 16.3 Å². The third-order valence-corrected chi connectivity index (χ3v) is 6.51. The smallest absolute Gasteiger partial charge is 0.226 e. The van der Waals surface area contributed by atoms with Crippen LogP contribution in [0.2, 0.25) is 5.28 Å². The van der Waals surface area contributed by atoms with Crippen LogP contribution >= 0.6 is 11.6 Å². The zero-order valence-electron chi connectivity index (χ0n) is 17.4. The van der Waals surface area contributed by atoms with Crippen LogP contribution in [0, 0.1) is 5.92 Å². The summed E-state index contributed by atoms with van der Waals surface area (Å²) in [5.41, 5.74) is 5.14. The van der Waals surface area contributed by atoms with Gasteiger partial charge in [-0.05, 0) is 56.5 Å². The molecule has 4 rings (SSSR count). The van der Waals surface area contributed by atoms with Gasteiger partial charge in [0.05, 0.1) is 6.33 Å². The van der Waals surface area contributed by atoms with Crippen LogP contribution in [0.25, 0.3) is 11.2 Å². The van der Waals surface area contributed by atoms with Crippen LogP contribution in [0.15, 0.2) is 6.33 Å². The zero-order chi connectivity index (χ0) is 20.1. The van der Waals surface area contributed by atoms with Gasteiger partial charge in [0.25, 0.3) is 0 Å². The third kappa shape index (κ3) is 5.19. The molecule has 1 aliphatic carbocycles. The number of nitrogens with one attached hydrogen (secondary N) is 1.